The molecule has 1 saturated heterocycles. The summed E-state index contributed by atoms with van der Waals surface area (Å²) in [6, 6.07) is 6.10. The third-order valence-electron chi connectivity index (χ3n) is 3.89. The number of hydrogen-bond acceptors (Lipinski definition) is 5. The number of nitriles is 1. The average molecular weight is 358 g/mol. The monoisotopic (exact) mass is 357 g/mol. The van der Waals surface area contributed by atoms with Crippen molar-refractivity contribution in [3.63, 3.8) is 0 Å². The molecule has 6 nitrogen and oxygen atoms in total. The largest absolute Gasteiger partial charge is 0.383 e. The van der Waals surface area contributed by atoms with Crippen molar-refractivity contribution in [3.8, 4) is 6.07 Å². The van der Waals surface area contributed by atoms with Crippen LogP contribution in [-0.4, -0.2) is 53.2 Å². The van der Waals surface area contributed by atoms with Crippen molar-refractivity contribution < 1.29 is 13.2 Å². The third-order valence-corrected chi connectivity index (χ3v) is 5.80. The van der Waals surface area contributed by atoms with E-state index in [4.69, 9.17) is 21.6 Å². The highest BCUT2D eigenvalue weighted by atomic mass is 35.5. The van der Waals surface area contributed by atoms with Crippen LogP contribution in [0, 0.1) is 17.2 Å². The lowest BCUT2D eigenvalue weighted by molar-refractivity contribution is 0.159. The Hall–Kier alpha value is -1.17. The molecule has 1 aromatic rings. The predicted molar refractivity (Wildman–Crippen MR) is 87.8 cm³/mol. The summed E-state index contributed by atoms with van der Waals surface area (Å²) in [5, 5.41) is 8.86. The van der Waals surface area contributed by atoms with Gasteiger partial charge in [-0.2, -0.15) is 5.26 Å². The third kappa shape index (κ3) is 4.90. The molecule has 2 rings (SSSR count). The molecule has 0 spiro atoms. The lowest BCUT2D eigenvalue weighted by atomic mass is 10.1. The number of hydrogen-bond donors (Lipinski definition) is 1. The maximum absolute atomic E-state index is 12.4. The molecular weight excluding hydrogens is 338 g/mol. The first kappa shape index (κ1) is 18.2. The lowest BCUT2D eigenvalue weighted by Crippen LogP contribution is -2.32. The summed E-state index contributed by atoms with van der Waals surface area (Å²) in [5.74, 6) is 0.277. The average Bonchev–Trinajstić information content (AvgIpc) is 2.98. The summed E-state index contributed by atoms with van der Waals surface area (Å²) in [4.78, 5) is 2.27. The van der Waals surface area contributed by atoms with E-state index < -0.39 is 10.0 Å². The van der Waals surface area contributed by atoms with Gasteiger partial charge < -0.3 is 9.64 Å². The van der Waals surface area contributed by atoms with E-state index in [1.54, 1.807) is 7.11 Å². The van der Waals surface area contributed by atoms with Gasteiger partial charge in [0, 0.05) is 26.7 Å². The van der Waals surface area contributed by atoms with E-state index >= 15 is 0 Å². The summed E-state index contributed by atoms with van der Waals surface area (Å²) in [5.41, 5.74) is 0.332. The first-order chi connectivity index (χ1) is 11.0. The fourth-order valence-electron chi connectivity index (χ4n) is 2.60. The van der Waals surface area contributed by atoms with Crippen LogP contribution in [0.5, 0.6) is 0 Å². The number of sulfonamides is 1. The highest BCUT2D eigenvalue weighted by molar-refractivity contribution is 7.89. The van der Waals surface area contributed by atoms with Gasteiger partial charge in [0.05, 0.1) is 23.3 Å². The number of nitrogens with one attached hydrogen (secondary N) is 1. The van der Waals surface area contributed by atoms with Gasteiger partial charge in [0.15, 0.2) is 0 Å². The zero-order chi connectivity index (χ0) is 16.9. The smallest absolute Gasteiger partial charge is 0.242 e. The highest BCUT2D eigenvalue weighted by Gasteiger charge is 2.25. The van der Waals surface area contributed by atoms with Crippen molar-refractivity contribution >= 4 is 21.6 Å². The van der Waals surface area contributed by atoms with Crippen LogP contribution in [0.15, 0.2) is 23.1 Å². The van der Waals surface area contributed by atoms with Crippen molar-refractivity contribution in [1.29, 1.82) is 5.26 Å². The quantitative estimate of drug-likeness (QED) is 0.798. The van der Waals surface area contributed by atoms with Crippen LogP contribution in [0.25, 0.3) is 0 Å². The molecule has 1 heterocycles. The second-order valence-corrected chi connectivity index (χ2v) is 7.70. The molecule has 0 unspecified atom stereocenters. The van der Waals surface area contributed by atoms with Crippen molar-refractivity contribution in [2.24, 2.45) is 5.92 Å². The zero-order valence-electron chi connectivity index (χ0n) is 13.0. The fraction of sp³-hybridized carbons (Fsp3) is 0.533. The van der Waals surface area contributed by atoms with E-state index in [1.807, 2.05) is 6.07 Å². The standard InChI is InChI=1S/C15H20ClN3O3S/c1-22-7-6-19-5-4-13(11-19)10-18-23(20,21)15-3-2-12(9-17)8-14(15)16/h2-3,8,13,18H,4-7,10-11H2,1H3/t13-/m1/s1. The molecule has 126 valence electrons. The number of methoxy groups -OCH3 is 1. The topological polar surface area (TPSA) is 82.4 Å². The maximum Gasteiger partial charge on any atom is 0.242 e. The molecule has 1 aromatic carbocycles. The molecule has 0 aromatic heterocycles. The van der Waals surface area contributed by atoms with E-state index in [0.29, 0.717) is 18.7 Å². The molecule has 1 fully saturated rings. The minimum atomic E-state index is -3.67. The van der Waals surface area contributed by atoms with Gasteiger partial charge in [0.25, 0.3) is 0 Å². The molecule has 0 radical (unpaired) electrons. The van der Waals surface area contributed by atoms with E-state index in [1.165, 1.54) is 18.2 Å². The first-order valence-electron chi connectivity index (χ1n) is 7.37. The molecule has 0 saturated carbocycles. The lowest BCUT2D eigenvalue weighted by Gasteiger charge is -2.16. The zero-order valence-corrected chi connectivity index (χ0v) is 14.5. The van der Waals surface area contributed by atoms with Crippen LogP contribution >= 0.6 is 11.6 Å². The van der Waals surface area contributed by atoms with Crippen molar-refractivity contribution in [3.05, 3.63) is 28.8 Å². The van der Waals surface area contributed by atoms with Gasteiger partial charge in [0.2, 0.25) is 10.0 Å². The number of benzene rings is 1. The Morgan fingerprint density at radius 1 is 1.52 bits per heavy atom. The number of rotatable bonds is 7. The summed E-state index contributed by atoms with van der Waals surface area (Å²) in [6.45, 7) is 3.73. The van der Waals surface area contributed by atoms with E-state index in [-0.39, 0.29) is 15.8 Å². The van der Waals surface area contributed by atoms with Crippen LogP contribution in [0.4, 0.5) is 0 Å². The maximum atomic E-state index is 12.4. The normalized spacial score (nSPS) is 18.9. The van der Waals surface area contributed by atoms with E-state index in [9.17, 15) is 8.42 Å². The van der Waals surface area contributed by atoms with Gasteiger partial charge in [-0.05, 0) is 37.1 Å². The summed E-state index contributed by atoms with van der Waals surface area (Å²) in [6.07, 6.45) is 0.952. The van der Waals surface area contributed by atoms with Crippen LogP contribution in [0.2, 0.25) is 5.02 Å². The molecule has 1 aliphatic heterocycles. The Labute approximate surface area is 142 Å². The molecule has 8 heteroatoms. The van der Waals surface area contributed by atoms with E-state index in [2.05, 4.69) is 9.62 Å². The minimum absolute atomic E-state index is 0.00685. The Balaban J connectivity index is 1.94. The van der Waals surface area contributed by atoms with Crippen LogP contribution in [0.1, 0.15) is 12.0 Å². The van der Waals surface area contributed by atoms with Crippen LogP contribution < -0.4 is 4.72 Å². The summed E-state index contributed by atoms with van der Waals surface area (Å²) < 4.78 is 32.4. The molecule has 0 bridgehead atoms. The highest BCUT2D eigenvalue weighted by Crippen LogP contribution is 2.23. The van der Waals surface area contributed by atoms with Gasteiger partial charge >= 0.3 is 0 Å². The Morgan fingerprint density at radius 2 is 2.30 bits per heavy atom. The second kappa shape index (κ2) is 8.08. The molecule has 0 amide bonds. The first-order valence-corrected chi connectivity index (χ1v) is 9.23. The Bertz CT molecular complexity index is 688. The molecular formula is C15H20ClN3O3S. The van der Waals surface area contributed by atoms with Crippen LogP contribution in [-0.2, 0) is 14.8 Å². The van der Waals surface area contributed by atoms with Gasteiger partial charge in [-0.25, -0.2) is 13.1 Å². The SMILES string of the molecule is COCCN1CC[C@H](CNS(=O)(=O)c2ccc(C#N)cc2Cl)C1. The van der Waals surface area contributed by atoms with Gasteiger partial charge in [-0.1, -0.05) is 11.6 Å². The number of halogens is 1. The van der Waals surface area contributed by atoms with Gasteiger partial charge in [-0.3, -0.25) is 0 Å². The van der Waals surface area contributed by atoms with E-state index in [0.717, 1.165) is 26.1 Å². The minimum Gasteiger partial charge on any atom is -0.383 e. The molecule has 1 N–H and O–H groups in total. The van der Waals surface area contributed by atoms with Crippen molar-refractivity contribution in [1.82, 2.24) is 9.62 Å². The number of ether oxygens (including phenoxy) is 1. The number of nitrogens with zero attached hydrogens (tertiary/aromatic N) is 2. The summed E-state index contributed by atoms with van der Waals surface area (Å²) in [7, 11) is -2.00. The van der Waals surface area contributed by atoms with Gasteiger partial charge in [-0.15, -0.1) is 0 Å². The predicted octanol–water partition coefficient (Wildman–Crippen LogP) is 1.46. The molecule has 1 atom stereocenters. The summed E-state index contributed by atoms with van der Waals surface area (Å²) >= 11 is 5.98. The fourth-order valence-corrected chi connectivity index (χ4v) is 4.26. The number of likely N-dealkylation sites (tertiary alicyclic amines) is 1. The van der Waals surface area contributed by atoms with Gasteiger partial charge in [0.1, 0.15) is 4.90 Å². The van der Waals surface area contributed by atoms with Crippen molar-refractivity contribution in [2.75, 3.05) is 39.9 Å². The molecule has 0 aliphatic carbocycles. The Morgan fingerprint density at radius 3 is 2.96 bits per heavy atom. The Kier molecular flexibility index (Phi) is 6.39. The molecule has 23 heavy (non-hydrogen) atoms. The molecule has 1 aliphatic rings. The van der Waals surface area contributed by atoms with Crippen molar-refractivity contribution in [2.45, 2.75) is 11.3 Å². The second-order valence-electron chi connectivity index (χ2n) is 5.56. The van der Waals surface area contributed by atoms with Crippen LogP contribution in [0.3, 0.4) is 0 Å².